The van der Waals surface area contributed by atoms with Gasteiger partial charge in [-0.15, -0.1) is 0 Å². The van der Waals surface area contributed by atoms with Crippen molar-refractivity contribution in [3.63, 3.8) is 0 Å². The predicted molar refractivity (Wildman–Crippen MR) is 72.1 cm³/mol. The predicted octanol–water partition coefficient (Wildman–Crippen LogP) is 3.40. The molecule has 0 aliphatic carbocycles. The molecule has 1 atom stereocenters. The van der Waals surface area contributed by atoms with E-state index in [1.54, 1.807) is 19.1 Å². The van der Waals surface area contributed by atoms with Gasteiger partial charge in [-0.05, 0) is 13.3 Å². The van der Waals surface area contributed by atoms with Crippen molar-refractivity contribution in [3.05, 3.63) is 47.6 Å². The maximum absolute atomic E-state index is 12.2. The van der Waals surface area contributed by atoms with E-state index >= 15 is 0 Å². The van der Waals surface area contributed by atoms with Crippen LogP contribution in [-0.4, -0.2) is 15.9 Å². The van der Waals surface area contributed by atoms with E-state index in [9.17, 15) is 4.79 Å². The van der Waals surface area contributed by atoms with Crippen molar-refractivity contribution >= 4 is 5.78 Å². The molecule has 0 saturated heterocycles. The molecule has 1 heterocycles. The summed E-state index contributed by atoms with van der Waals surface area (Å²) < 4.78 is 5.18. The normalized spacial score (nSPS) is 12.3. The molecule has 1 aromatic heterocycles. The van der Waals surface area contributed by atoms with Gasteiger partial charge in [-0.2, -0.15) is 4.98 Å². The molecule has 2 aromatic rings. The molecule has 0 bridgehead atoms. The number of nitrogens with zero attached hydrogens (tertiary/aromatic N) is 2. The average Bonchev–Trinajstić information content (AvgIpc) is 2.93. The third-order valence-electron chi connectivity index (χ3n) is 3.06. The zero-order valence-electron chi connectivity index (χ0n) is 11.3. The highest BCUT2D eigenvalue weighted by molar-refractivity contribution is 6.00. The van der Waals surface area contributed by atoms with Crippen molar-refractivity contribution in [2.75, 3.05) is 0 Å². The molecular formula is C15H18N2O2. The molecule has 4 nitrogen and oxygen atoms in total. The number of hydrogen-bond donors (Lipinski definition) is 0. The number of ketones is 1. The Hall–Kier alpha value is -1.97. The van der Waals surface area contributed by atoms with E-state index in [1.807, 2.05) is 18.2 Å². The standard InChI is InChI=1S/C15H18N2O2/c1-3-4-10-13-16-15(19-17-13)11(2)14(18)12-8-6-5-7-9-12/h5-9,11H,3-4,10H2,1-2H3. The Labute approximate surface area is 112 Å². The first kappa shape index (κ1) is 13.5. The van der Waals surface area contributed by atoms with Crippen molar-refractivity contribution in [1.29, 1.82) is 0 Å². The fraction of sp³-hybridized carbons (Fsp3) is 0.400. The van der Waals surface area contributed by atoms with Gasteiger partial charge in [-0.25, -0.2) is 0 Å². The second-order valence-electron chi connectivity index (χ2n) is 4.60. The Morgan fingerprint density at radius 1 is 1.32 bits per heavy atom. The molecule has 0 saturated carbocycles. The van der Waals surface area contributed by atoms with E-state index in [2.05, 4.69) is 17.1 Å². The number of benzene rings is 1. The lowest BCUT2D eigenvalue weighted by Crippen LogP contribution is -2.10. The van der Waals surface area contributed by atoms with Crippen molar-refractivity contribution < 1.29 is 9.32 Å². The van der Waals surface area contributed by atoms with Gasteiger partial charge in [-0.3, -0.25) is 4.79 Å². The van der Waals surface area contributed by atoms with Crippen LogP contribution in [0.25, 0.3) is 0 Å². The molecule has 0 radical (unpaired) electrons. The van der Waals surface area contributed by atoms with Gasteiger partial charge in [0.1, 0.15) is 0 Å². The minimum Gasteiger partial charge on any atom is -0.339 e. The van der Waals surface area contributed by atoms with Crippen LogP contribution in [0.3, 0.4) is 0 Å². The average molecular weight is 258 g/mol. The van der Waals surface area contributed by atoms with Crippen LogP contribution in [0, 0.1) is 0 Å². The first-order valence-corrected chi connectivity index (χ1v) is 6.64. The first-order valence-electron chi connectivity index (χ1n) is 6.64. The van der Waals surface area contributed by atoms with Crippen LogP contribution in [-0.2, 0) is 6.42 Å². The second-order valence-corrected chi connectivity index (χ2v) is 4.60. The van der Waals surface area contributed by atoms with Crippen LogP contribution >= 0.6 is 0 Å². The SMILES string of the molecule is CCCCc1noc(C(C)C(=O)c2ccccc2)n1. The van der Waals surface area contributed by atoms with E-state index < -0.39 is 5.92 Å². The summed E-state index contributed by atoms with van der Waals surface area (Å²) in [6, 6.07) is 9.18. The number of carbonyl (C=O) groups excluding carboxylic acids is 1. The van der Waals surface area contributed by atoms with E-state index in [0.29, 0.717) is 17.3 Å². The summed E-state index contributed by atoms with van der Waals surface area (Å²) in [4.78, 5) is 16.5. The molecule has 2 rings (SSSR count). The molecule has 0 spiro atoms. The van der Waals surface area contributed by atoms with Gasteiger partial charge < -0.3 is 4.52 Å². The third kappa shape index (κ3) is 3.28. The number of carbonyl (C=O) groups is 1. The molecule has 0 N–H and O–H groups in total. The fourth-order valence-electron chi connectivity index (χ4n) is 1.84. The highest BCUT2D eigenvalue weighted by atomic mass is 16.5. The number of unbranched alkanes of at least 4 members (excludes halogenated alkanes) is 1. The van der Waals surface area contributed by atoms with Crippen LogP contribution in [0.2, 0.25) is 0 Å². The minimum atomic E-state index is -0.398. The van der Waals surface area contributed by atoms with Crippen LogP contribution in [0.15, 0.2) is 34.9 Å². The highest BCUT2D eigenvalue weighted by Gasteiger charge is 2.22. The van der Waals surface area contributed by atoms with E-state index in [-0.39, 0.29) is 5.78 Å². The fourth-order valence-corrected chi connectivity index (χ4v) is 1.84. The molecule has 1 unspecified atom stereocenters. The Kier molecular flexibility index (Phi) is 4.44. The summed E-state index contributed by atoms with van der Waals surface area (Å²) in [6.45, 7) is 3.91. The van der Waals surface area contributed by atoms with Gasteiger partial charge in [0.25, 0.3) is 0 Å². The minimum absolute atomic E-state index is 0.00583. The monoisotopic (exact) mass is 258 g/mol. The molecule has 0 aliphatic heterocycles. The van der Waals surface area contributed by atoms with E-state index in [1.165, 1.54) is 0 Å². The van der Waals surface area contributed by atoms with Gasteiger partial charge in [0.15, 0.2) is 11.6 Å². The van der Waals surface area contributed by atoms with E-state index in [0.717, 1.165) is 19.3 Å². The molecule has 100 valence electrons. The molecule has 19 heavy (non-hydrogen) atoms. The number of Topliss-reactive ketones (excluding diaryl/α,β-unsaturated/α-hetero) is 1. The number of aromatic nitrogens is 2. The van der Waals surface area contributed by atoms with Gasteiger partial charge in [0.2, 0.25) is 5.89 Å². The Balaban J connectivity index is 2.09. The zero-order chi connectivity index (χ0) is 13.7. The van der Waals surface area contributed by atoms with Crippen LogP contribution < -0.4 is 0 Å². The van der Waals surface area contributed by atoms with Gasteiger partial charge in [0.05, 0.1) is 5.92 Å². The Bertz CT molecular complexity index is 534. The van der Waals surface area contributed by atoms with E-state index in [4.69, 9.17) is 4.52 Å². The summed E-state index contributed by atoms with van der Waals surface area (Å²) in [7, 11) is 0. The number of rotatable bonds is 6. The lowest BCUT2D eigenvalue weighted by atomic mass is 9.99. The Morgan fingerprint density at radius 2 is 2.05 bits per heavy atom. The second kappa shape index (κ2) is 6.27. The summed E-state index contributed by atoms with van der Waals surface area (Å²) in [6.07, 6.45) is 2.91. The van der Waals surface area contributed by atoms with Crippen LogP contribution in [0.1, 0.15) is 54.7 Å². The third-order valence-corrected chi connectivity index (χ3v) is 3.06. The Morgan fingerprint density at radius 3 is 2.74 bits per heavy atom. The maximum atomic E-state index is 12.2. The molecule has 4 heteroatoms. The van der Waals surface area contributed by atoms with Crippen molar-refractivity contribution in [1.82, 2.24) is 10.1 Å². The van der Waals surface area contributed by atoms with Crippen LogP contribution in [0.4, 0.5) is 0 Å². The summed E-state index contributed by atoms with van der Waals surface area (Å²) in [5.74, 6) is 0.695. The van der Waals surface area contributed by atoms with Gasteiger partial charge >= 0.3 is 0 Å². The van der Waals surface area contributed by atoms with Crippen molar-refractivity contribution in [2.24, 2.45) is 0 Å². The van der Waals surface area contributed by atoms with Crippen molar-refractivity contribution in [2.45, 2.75) is 39.0 Å². The van der Waals surface area contributed by atoms with Gasteiger partial charge in [-0.1, -0.05) is 48.8 Å². The smallest absolute Gasteiger partial charge is 0.237 e. The zero-order valence-corrected chi connectivity index (χ0v) is 11.3. The van der Waals surface area contributed by atoms with Gasteiger partial charge in [0, 0.05) is 12.0 Å². The molecule has 1 aromatic carbocycles. The molecular weight excluding hydrogens is 240 g/mol. The maximum Gasteiger partial charge on any atom is 0.237 e. The quantitative estimate of drug-likeness (QED) is 0.745. The lowest BCUT2D eigenvalue weighted by Gasteiger charge is -2.04. The molecule has 0 aliphatic rings. The van der Waals surface area contributed by atoms with Crippen LogP contribution in [0.5, 0.6) is 0 Å². The lowest BCUT2D eigenvalue weighted by molar-refractivity contribution is 0.0951. The molecule has 0 fully saturated rings. The largest absolute Gasteiger partial charge is 0.339 e. The number of aryl methyl sites for hydroxylation is 1. The number of hydrogen-bond acceptors (Lipinski definition) is 4. The molecule has 0 amide bonds. The topological polar surface area (TPSA) is 56.0 Å². The summed E-state index contributed by atoms with van der Waals surface area (Å²) in [5, 5.41) is 3.91. The van der Waals surface area contributed by atoms with Crippen molar-refractivity contribution in [3.8, 4) is 0 Å². The highest BCUT2D eigenvalue weighted by Crippen LogP contribution is 2.19. The summed E-state index contributed by atoms with van der Waals surface area (Å²) in [5.41, 5.74) is 0.670. The summed E-state index contributed by atoms with van der Waals surface area (Å²) >= 11 is 0. The first-order chi connectivity index (χ1) is 9.22.